The zero-order valence-electron chi connectivity index (χ0n) is 27.6. The summed E-state index contributed by atoms with van der Waals surface area (Å²) in [6.45, 7) is 16.6. The lowest BCUT2D eigenvalue weighted by Gasteiger charge is -2.38. The van der Waals surface area contributed by atoms with Crippen LogP contribution in [0, 0.1) is 44.2 Å². The van der Waals surface area contributed by atoms with Crippen LogP contribution in [-0.4, -0.2) is 28.9 Å². The van der Waals surface area contributed by atoms with E-state index in [9.17, 15) is 13.6 Å². The van der Waals surface area contributed by atoms with E-state index in [0.717, 1.165) is 52.2 Å². The number of hydrogen-bond acceptors (Lipinski definition) is 3. The first-order valence-corrected chi connectivity index (χ1v) is 15.9. The molecule has 1 saturated heterocycles. The third-order valence-electron chi connectivity index (χ3n) is 8.25. The molecule has 0 atom stereocenters. The molecule has 1 aromatic heterocycles. The Balaban J connectivity index is 0.000000523. The second kappa shape index (κ2) is 16.1. The predicted octanol–water partition coefficient (Wildman–Crippen LogP) is 9.71. The summed E-state index contributed by atoms with van der Waals surface area (Å²) in [5, 5.41) is 0. The van der Waals surface area contributed by atoms with E-state index in [-0.39, 0.29) is 23.5 Å². The summed E-state index contributed by atoms with van der Waals surface area (Å²) in [6, 6.07) is 23.4. The number of carbonyl (C=O) groups excluding carboxylic acids is 1. The van der Waals surface area contributed by atoms with Crippen molar-refractivity contribution in [3.8, 4) is 0 Å². The van der Waals surface area contributed by atoms with E-state index in [4.69, 9.17) is 0 Å². The standard InChI is InChI=1S/C33H38FN3O.C7H7F/c1-23(2)13-14-29-20-30(21-35-25(29)4)33(38)36-17-15-28(16-18-36)26(5)37(32-12-7-6-9-24(32)3)22-27-10-8-11-31(34)19-27;1-6-3-2-4-7(8)5-6/h6-14,19-21,23,28H,5,15-18,22H2,1-4H3;2-5H,1H3/b14-13-;. The second-order valence-corrected chi connectivity index (χ2v) is 12.4. The fourth-order valence-electron chi connectivity index (χ4n) is 5.58. The average Bonchev–Trinajstić information content (AvgIpc) is 3.03. The molecule has 4 aromatic rings. The summed E-state index contributed by atoms with van der Waals surface area (Å²) in [4.78, 5) is 22.0. The molecule has 3 aromatic carbocycles. The van der Waals surface area contributed by atoms with Crippen molar-refractivity contribution in [3.05, 3.63) is 149 Å². The first-order valence-electron chi connectivity index (χ1n) is 15.9. The van der Waals surface area contributed by atoms with E-state index in [1.807, 2.05) is 49.1 Å². The highest BCUT2D eigenvalue weighted by molar-refractivity contribution is 5.94. The van der Waals surface area contributed by atoms with Crippen molar-refractivity contribution in [1.29, 1.82) is 0 Å². The van der Waals surface area contributed by atoms with Gasteiger partial charge >= 0.3 is 0 Å². The largest absolute Gasteiger partial charge is 0.341 e. The molecule has 6 heteroatoms. The summed E-state index contributed by atoms with van der Waals surface area (Å²) in [5.74, 6) is 0.285. The molecule has 0 spiro atoms. The first kappa shape index (κ1) is 34.3. The Hall–Kier alpha value is -4.58. The molecule has 1 aliphatic rings. The van der Waals surface area contributed by atoms with E-state index in [0.29, 0.717) is 31.1 Å². The van der Waals surface area contributed by atoms with E-state index < -0.39 is 0 Å². The number of nitrogens with zero attached hydrogens (tertiary/aromatic N) is 3. The highest BCUT2D eigenvalue weighted by atomic mass is 19.1. The van der Waals surface area contributed by atoms with Crippen molar-refractivity contribution in [2.24, 2.45) is 11.8 Å². The molecule has 0 unspecified atom stereocenters. The van der Waals surface area contributed by atoms with Crippen LogP contribution >= 0.6 is 0 Å². The summed E-state index contributed by atoms with van der Waals surface area (Å²) >= 11 is 0. The number of piperidine rings is 1. The Morgan fingerprint density at radius 2 is 1.63 bits per heavy atom. The van der Waals surface area contributed by atoms with Gasteiger partial charge < -0.3 is 9.80 Å². The fourth-order valence-corrected chi connectivity index (χ4v) is 5.58. The number of likely N-dealkylation sites (tertiary alicyclic amines) is 1. The van der Waals surface area contributed by atoms with Gasteiger partial charge in [-0.25, -0.2) is 8.78 Å². The number of aryl methyl sites for hydroxylation is 3. The van der Waals surface area contributed by atoms with Crippen molar-refractivity contribution in [1.82, 2.24) is 9.88 Å². The molecule has 0 N–H and O–H groups in total. The van der Waals surface area contributed by atoms with E-state index >= 15 is 0 Å². The van der Waals surface area contributed by atoms with Gasteiger partial charge in [0.15, 0.2) is 0 Å². The van der Waals surface area contributed by atoms with Crippen LogP contribution in [0.25, 0.3) is 6.08 Å². The number of benzene rings is 3. The Bertz CT molecular complexity index is 1650. The monoisotopic (exact) mass is 621 g/mol. The first-order chi connectivity index (χ1) is 22.0. The molecule has 1 fully saturated rings. The normalized spacial score (nSPS) is 13.4. The number of hydrogen-bond donors (Lipinski definition) is 0. The molecule has 46 heavy (non-hydrogen) atoms. The summed E-state index contributed by atoms with van der Waals surface area (Å²) in [7, 11) is 0. The number of pyridine rings is 1. The van der Waals surface area contributed by atoms with Crippen LogP contribution in [0.15, 0.2) is 103 Å². The van der Waals surface area contributed by atoms with Gasteiger partial charge in [0.05, 0.1) is 5.56 Å². The third kappa shape index (κ3) is 9.46. The van der Waals surface area contributed by atoms with Gasteiger partial charge in [-0.2, -0.15) is 0 Å². The highest BCUT2D eigenvalue weighted by Crippen LogP contribution is 2.33. The molecule has 4 nitrogen and oxygen atoms in total. The zero-order valence-corrected chi connectivity index (χ0v) is 27.6. The quantitative estimate of drug-likeness (QED) is 0.197. The van der Waals surface area contributed by atoms with Crippen molar-refractivity contribution in [2.75, 3.05) is 18.0 Å². The minimum atomic E-state index is -0.238. The maximum Gasteiger partial charge on any atom is 0.255 e. The van der Waals surface area contributed by atoms with Crippen molar-refractivity contribution < 1.29 is 13.6 Å². The number of halogens is 2. The van der Waals surface area contributed by atoms with Gasteiger partial charge in [0.1, 0.15) is 11.6 Å². The Morgan fingerprint density at radius 1 is 0.957 bits per heavy atom. The van der Waals surface area contributed by atoms with E-state index in [2.05, 4.69) is 61.5 Å². The highest BCUT2D eigenvalue weighted by Gasteiger charge is 2.28. The zero-order chi connectivity index (χ0) is 33.2. The average molecular weight is 622 g/mol. The maximum absolute atomic E-state index is 14.0. The van der Waals surface area contributed by atoms with Crippen LogP contribution in [0.5, 0.6) is 0 Å². The van der Waals surface area contributed by atoms with E-state index in [1.54, 1.807) is 24.4 Å². The number of carbonyl (C=O) groups is 1. The topological polar surface area (TPSA) is 36.4 Å². The summed E-state index contributed by atoms with van der Waals surface area (Å²) < 4.78 is 26.1. The smallest absolute Gasteiger partial charge is 0.255 e. The minimum absolute atomic E-state index is 0.0243. The van der Waals surface area contributed by atoms with Crippen LogP contribution < -0.4 is 4.90 Å². The molecule has 1 amide bonds. The maximum atomic E-state index is 14.0. The number of aromatic nitrogens is 1. The molecular weight excluding hydrogens is 576 g/mol. The number of rotatable bonds is 8. The van der Waals surface area contributed by atoms with Crippen LogP contribution in [0.4, 0.5) is 14.5 Å². The van der Waals surface area contributed by atoms with Gasteiger partial charge in [-0.3, -0.25) is 9.78 Å². The van der Waals surface area contributed by atoms with Crippen molar-refractivity contribution in [2.45, 2.75) is 54.0 Å². The molecule has 2 heterocycles. The SMILES string of the molecule is C=C(C1CCN(C(=O)c2cnc(C)c(/C=C\C(C)C)c2)CC1)N(Cc1cccc(F)c1)c1ccccc1C.Cc1cccc(F)c1. The lowest BCUT2D eigenvalue weighted by molar-refractivity contribution is 0.0701. The molecular formula is C40H45F2N3O. The fraction of sp³-hybridized carbons (Fsp3) is 0.300. The van der Waals surface area contributed by atoms with Crippen molar-refractivity contribution >= 4 is 17.7 Å². The number of anilines is 1. The molecule has 0 aliphatic carbocycles. The van der Waals surface area contributed by atoms with Crippen molar-refractivity contribution in [3.63, 3.8) is 0 Å². The lowest BCUT2D eigenvalue weighted by atomic mass is 9.92. The minimum Gasteiger partial charge on any atom is -0.341 e. The predicted molar refractivity (Wildman–Crippen MR) is 186 cm³/mol. The van der Waals surface area contributed by atoms with Crippen LogP contribution in [0.2, 0.25) is 0 Å². The molecule has 0 radical (unpaired) electrons. The Morgan fingerprint density at radius 3 is 2.24 bits per heavy atom. The number of amides is 1. The van der Waals surface area contributed by atoms with E-state index in [1.165, 1.54) is 18.2 Å². The van der Waals surface area contributed by atoms with Crippen LogP contribution in [-0.2, 0) is 6.54 Å². The number of allylic oxidation sites excluding steroid dienone is 2. The molecule has 0 saturated carbocycles. The van der Waals surface area contributed by atoms with Crippen LogP contribution in [0.1, 0.15) is 65.0 Å². The van der Waals surface area contributed by atoms with Gasteiger partial charge in [-0.05, 0) is 98.2 Å². The van der Waals surface area contributed by atoms with Crippen LogP contribution in [0.3, 0.4) is 0 Å². The lowest BCUT2D eigenvalue weighted by Crippen LogP contribution is -2.40. The molecule has 1 aliphatic heterocycles. The Labute approximate surface area is 273 Å². The van der Waals surface area contributed by atoms with Gasteiger partial charge in [0, 0.05) is 48.8 Å². The second-order valence-electron chi connectivity index (χ2n) is 12.4. The summed E-state index contributed by atoms with van der Waals surface area (Å²) in [6.07, 6.45) is 7.53. The molecule has 0 bridgehead atoms. The van der Waals surface area contributed by atoms with Gasteiger partial charge in [-0.15, -0.1) is 0 Å². The Kier molecular flexibility index (Phi) is 12.0. The molecule has 240 valence electrons. The van der Waals surface area contributed by atoms with Gasteiger partial charge in [0.25, 0.3) is 5.91 Å². The van der Waals surface area contributed by atoms with Gasteiger partial charge in [-0.1, -0.05) is 75.0 Å². The third-order valence-corrected chi connectivity index (χ3v) is 8.25. The number of para-hydroxylation sites is 1. The summed E-state index contributed by atoms with van der Waals surface area (Å²) in [5.41, 5.74) is 7.63. The van der Waals surface area contributed by atoms with Gasteiger partial charge in [0.2, 0.25) is 0 Å². The molecule has 5 rings (SSSR count).